The molecule has 0 aliphatic carbocycles. The summed E-state index contributed by atoms with van der Waals surface area (Å²) in [6.07, 6.45) is -2.00. The lowest BCUT2D eigenvalue weighted by molar-refractivity contribution is -0.143. The van der Waals surface area contributed by atoms with Gasteiger partial charge in [0.1, 0.15) is 12.2 Å². The summed E-state index contributed by atoms with van der Waals surface area (Å²) in [6.45, 7) is -0.609. The van der Waals surface area contributed by atoms with Crippen LogP contribution in [0.3, 0.4) is 0 Å². The van der Waals surface area contributed by atoms with Crippen LogP contribution in [0.2, 0.25) is 0 Å². The Labute approximate surface area is 157 Å². The Morgan fingerprint density at radius 1 is 1.07 bits per heavy atom. The van der Waals surface area contributed by atoms with Crippen LogP contribution in [0.5, 0.6) is 0 Å². The summed E-state index contributed by atoms with van der Waals surface area (Å²) in [7, 11) is -4.00. The van der Waals surface area contributed by atoms with Gasteiger partial charge in [0, 0.05) is 23.5 Å². The van der Waals surface area contributed by atoms with E-state index in [1.165, 1.54) is 36.7 Å². The zero-order valence-corrected chi connectivity index (χ0v) is 14.9. The van der Waals surface area contributed by atoms with Crippen molar-refractivity contribution in [3.05, 3.63) is 54.5 Å². The molecule has 3 rings (SSSR count). The summed E-state index contributed by atoms with van der Waals surface area (Å²) >= 11 is 0. The molecular weight excluding hydrogens is 395 g/mol. The molecule has 2 heterocycles. The number of aromatic nitrogens is 3. The van der Waals surface area contributed by atoms with Crippen LogP contribution in [0.1, 0.15) is 5.69 Å². The number of pyridine rings is 1. The van der Waals surface area contributed by atoms with E-state index in [1.54, 1.807) is 6.07 Å². The minimum atomic E-state index is -4.80. The molecule has 3 aromatic rings. The fourth-order valence-corrected chi connectivity index (χ4v) is 3.24. The Kier molecular flexibility index (Phi) is 4.93. The maximum Gasteiger partial charge on any atom is 0.433 e. The summed E-state index contributed by atoms with van der Waals surface area (Å²) in [4.78, 5) is 3.60. The second kappa shape index (κ2) is 7.06. The average Bonchev–Trinajstić information content (AvgIpc) is 3.02. The molecule has 1 aromatic carbocycles. The van der Waals surface area contributed by atoms with Gasteiger partial charge in [0.25, 0.3) is 0 Å². The van der Waals surface area contributed by atoms with E-state index in [2.05, 4.69) is 10.1 Å². The zero-order chi connectivity index (χ0) is 20.5. The van der Waals surface area contributed by atoms with Crippen molar-refractivity contribution in [1.82, 2.24) is 14.8 Å². The summed E-state index contributed by atoms with van der Waals surface area (Å²) in [5.41, 5.74) is -0.939. The number of hydrogen-bond acceptors (Lipinski definition) is 5. The molecule has 2 N–H and O–H groups in total. The number of rotatable bonds is 4. The van der Waals surface area contributed by atoms with E-state index < -0.39 is 28.4 Å². The second-order valence-corrected chi connectivity index (χ2v) is 7.25. The summed E-state index contributed by atoms with van der Waals surface area (Å²) < 4.78 is 64.9. The van der Waals surface area contributed by atoms with E-state index in [9.17, 15) is 21.6 Å². The van der Waals surface area contributed by atoms with E-state index in [0.717, 1.165) is 12.1 Å². The van der Waals surface area contributed by atoms with Crippen LogP contribution < -0.4 is 5.14 Å². The van der Waals surface area contributed by atoms with Gasteiger partial charge in [0.15, 0.2) is 5.69 Å². The summed E-state index contributed by atoms with van der Waals surface area (Å²) in [5.74, 6) is 0. The number of halogens is 3. The van der Waals surface area contributed by atoms with Gasteiger partial charge in [0.05, 0.1) is 11.0 Å². The van der Waals surface area contributed by atoms with Crippen molar-refractivity contribution >= 4 is 10.0 Å². The quantitative estimate of drug-likeness (QED) is 0.714. The fourth-order valence-electron chi connectivity index (χ4n) is 2.73. The second-order valence-electron chi connectivity index (χ2n) is 5.69. The molecule has 0 amide bonds. The average molecular weight is 407 g/mol. The smallest absolute Gasteiger partial charge is 0.265 e. The first-order valence-electron chi connectivity index (χ1n) is 7.71. The molecule has 0 aliphatic heterocycles. The van der Waals surface area contributed by atoms with Gasteiger partial charge in [-0.1, -0.05) is 12.1 Å². The Balaban J connectivity index is 2.33. The topological polar surface area (TPSA) is 115 Å². The summed E-state index contributed by atoms with van der Waals surface area (Å²) in [5, 5.41) is 17.9. The highest BCUT2D eigenvalue weighted by Gasteiger charge is 2.40. The first kappa shape index (κ1) is 19.5. The number of primary sulfonamides is 1. The van der Waals surface area contributed by atoms with Crippen LogP contribution in [0.25, 0.3) is 22.4 Å². The SMILES string of the molecule is N#CCn1nc(-c2ccncc2)c(-c2ccc(S(N)(=O)=O)cc2)c1C(F)(F)F. The molecule has 0 bridgehead atoms. The zero-order valence-electron chi connectivity index (χ0n) is 14.1. The summed E-state index contributed by atoms with van der Waals surface area (Å²) in [6, 6.07) is 9.30. The number of sulfonamides is 1. The van der Waals surface area contributed by atoms with Gasteiger partial charge >= 0.3 is 6.18 Å². The van der Waals surface area contributed by atoms with Crippen molar-refractivity contribution in [2.24, 2.45) is 5.14 Å². The number of nitrogens with two attached hydrogens (primary N) is 1. The van der Waals surface area contributed by atoms with Crippen LogP contribution in [0.15, 0.2) is 53.7 Å². The van der Waals surface area contributed by atoms with Crippen LogP contribution in [0, 0.1) is 11.3 Å². The minimum absolute atomic E-state index is 0.00618. The van der Waals surface area contributed by atoms with Crippen molar-refractivity contribution in [3.63, 3.8) is 0 Å². The van der Waals surface area contributed by atoms with E-state index in [1.807, 2.05) is 0 Å². The monoisotopic (exact) mass is 407 g/mol. The molecule has 0 fully saturated rings. The highest BCUT2D eigenvalue weighted by atomic mass is 32.2. The highest BCUT2D eigenvalue weighted by Crippen LogP contribution is 2.42. The highest BCUT2D eigenvalue weighted by molar-refractivity contribution is 7.89. The van der Waals surface area contributed by atoms with Gasteiger partial charge in [-0.05, 0) is 29.8 Å². The third-order valence-electron chi connectivity index (χ3n) is 3.87. The largest absolute Gasteiger partial charge is 0.433 e. The molecule has 2 aromatic heterocycles. The molecule has 144 valence electrons. The molecule has 11 heteroatoms. The van der Waals surface area contributed by atoms with E-state index in [0.29, 0.717) is 10.2 Å². The van der Waals surface area contributed by atoms with Crippen LogP contribution >= 0.6 is 0 Å². The standard InChI is InChI=1S/C17H12F3N5O2S/c18-17(19,20)16-14(11-1-3-13(4-2-11)28(22,26)27)15(24-25(16)10-7-21)12-5-8-23-9-6-12/h1-6,8-9H,10H2,(H2,22,26,27). The van der Waals surface area contributed by atoms with Gasteiger partial charge in [-0.3, -0.25) is 4.98 Å². The van der Waals surface area contributed by atoms with E-state index in [4.69, 9.17) is 10.4 Å². The molecular formula is C17H12F3N5O2S. The number of hydrogen-bond donors (Lipinski definition) is 1. The van der Waals surface area contributed by atoms with Crippen molar-refractivity contribution in [1.29, 1.82) is 5.26 Å². The van der Waals surface area contributed by atoms with Gasteiger partial charge in [0.2, 0.25) is 10.0 Å². The van der Waals surface area contributed by atoms with Gasteiger partial charge < -0.3 is 0 Å². The lowest BCUT2D eigenvalue weighted by atomic mass is 9.99. The Morgan fingerprint density at radius 3 is 2.18 bits per heavy atom. The van der Waals surface area contributed by atoms with Crippen LogP contribution in [-0.2, 0) is 22.7 Å². The minimum Gasteiger partial charge on any atom is -0.265 e. The number of benzene rings is 1. The number of nitrogens with zero attached hydrogens (tertiary/aromatic N) is 4. The third-order valence-corrected chi connectivity index (χ3v) is 4.80. The molecule has 0 unspecified atom stereocenters. The molecule has 0 aliphatic rings. The van der Waals surface area contributed by atoms with Crippen LogP contribution in [-0.4, -0.2) is 23.2 Å². The number of nitriles is 1. The van der Waals surface area contributed by atoms with E-state index in [-0.39, 0.29) is 21.7 Å². The fraction of sp³-hybridized carbons (Fsp3) is 0.118. The molecule has 0 atom stereocenters. The van der Waals surface area contributed by atoms with E-state index >= 15 is 0 Å². The Hall–Kier alpha value is -3.23. The lowest BCUT2D eigenvalue weighted by Crippen LogP contribution is -2.15. The predicted molar refractivity (Wildman–Crippen MR) is 92.9 cm³/mol. The van der Waals surface area contributed by atoms with Crippen molar-refractivity contribution in [3.8, 4) is 28.5 Å². The molecule has 0 saturated carbocycles. The van der Waals surface area contributed by atoms with Gasteiger partial charge in [-0.2, -0.15) is 23.5 Å². The molecule has 0 radical (unpaired) electrons. The van der Waals surface area contributed by atoms with Crippen molar-refractivity contribution in [2.45, 2.75) is 17.6 Å². The van der Waals surface area contributed by atoms with Gasteiger partial charge in [-0.15, -0.1) is 0 Å². The third kappa shape index (κ3) is 3.73. The van der Waals surface area contributed by atoms with Crippen LogP contribution in [0.4, 0.5) is 13.2 Å². The normalized spacial score (nSPS) is 12.0. The molecule has 28 heavy (non-hydrogen) atoms. The predicted octanol–water partition coefficient (Wildman–Crippen LogP) is 2.80. The molecule has 0 saturated heterocycles. The van der Waals surface area contributed by atoms with Crippen molar-refractivity contribution in [2.75, 3.05) is 0 Å². The Morgan fingerprint density at radius 2 is 1.68 bits per heavy atom. The molecule has 0 spiro atoms. The first-order valence-corrected chi connectivity index (χ1v) is 9.26. The number of alkyl halides is 3. The lowest BCUT2D eigenvalue weighted by Gasteiger charge is -2.12. The van der Waals surface area contributed by atoms with Crippen molar-refractivity contribution < 1.29 is 21.6 Å². The first-order chi connectivity index (χ1) is 13.1. The van der Waals surface area contributed by atoms with Gasteiger partial charge in [-0.25, -0.2) is 18.2 Å². The maximum absolute atomic E-state index is 13.8. The Bertz CT molecular complexity index is 1150. The molecule has 7 nitrogen and oxygen atoms in total. The maximum atomic E-state index is 13.8.